The third-order valence-electron chi connectivity index (χ3n) is 5.39. The first kappa shape index (κ1) is 19.3. The first-order chi connectivity index (χ1) is 13.8. The normalized spacial score (nSPS) is 20.5. The Labute approximate surface area is 170 Å². The third-order valence-corrected chi connectivity index (χ3v) is 6.54. The molecule has 0 bridgehead atoms. The lowest BCUT2D eigenvalue weighted by molar-refractivity contribution is -0.119. The highest BCUT2D eigenvalue weighted by atomic mass is 32.2. The van der Waals surface area contributed by atoms with Crippen molar-refractivity contribution in [3.63, 3.8) is 0 Å². The number of anilines is 1. The summed E-state index contributed by atoms with van der Waals surface area (Å²) in [5, 5.41) is 0. The number of fused-ring (bicyclic) bond motifs is 1. The Balaban J connectivity index is 1.58. The fourth-order valence-corrected chi connectivity index (χ4v) is 4.91. The second-order valence-electron chi connectivity index (χ2n) is 7.05. The van der Waals surface area contributed by atoms with Gasteiger partial charge < -0.3 is 14.4 Å². The maximum absolute atomic E-state index is 13.6. The van der Waals surface area contributed by atoms with Crippen molar-refractivity contribution in [3.05, 3.63) is 54.1 Å². The van der Waals surface area contributed by atoms with Crippen molar-refractivity contribution in [2.45, 2.75) is 10.8 Å². The largest absolute Gasteiger partial charge is 0.497 e. The van der Waals surface area contributed by atoms with Gasteiger partial charge in [-0.2, -0.15) is 0 Å². The summed E-state index contributed by atoms with van der Waals surface area (Å²) in [6, 6.07) is 16.1. The van der Waals surface area contributed by atoms with Crippen LogP contribution in [-0.4, -0.2) is 63.1 Å². The number of hydrogen-bond acceptors (Lipinski definition) is 5. The zero-order valence-corrected chi connectivity index (χ0v) is 17.0. The minimum absolute atomic E-state index is 0.159. The van der Waals surface area contributed by atoms with Gasteiger partial charge in [0, 0.05) is 36.8 Å². The van der Waals surface area contributed by atoms with Gasteiger partial charge in [0.05, 0.1) is 31.9 Å². The summed E-state index contributed by atoms with van der Waals surface area (Å²) >= 11 is 1.76. The predicted octanol–water partition coefficient (Wildman–Crippen LogP) is 3.25. The summed E-state index contributed by atoms with van der Waals surface area (Å²) in [6.45, 7) is 4.97. The smallest absolute Gasteiger partial charge is 0.235 e. The first-order valence-corrected chi connectivity index (χ1v) is 10.7. The molecule has 2 aromatic carbocycles. The number of methoxy groups -OCH3 is 1. The minimum atomic E-state index is -0.159. The fraction of sp³-hybridized carbons (Fsp3) is 0.409. The molecule has 2 heterocycles. The molecule has 1 fully saturated rings. The molecule has 0 spiro atoms. The first-order valence-electron chi connectivity index (χ1n) is 9.73. The van der Waals surface area contributed by atoms with Gasteiger partial charge in [-0.1, -0.05) is 24.3 Å². The molecule has 1 amide bonds. The summed E-state index contributed by atoms with van der Waals surface area (Å²) in [7, 11) is 1.66. The number of morpholine rings is 1. The van der Waals surface area contributed by atoms with Crippen LogP contribution in [0.4, 0.5) is 5.69 Å². The number of hydrogen-bond donors (Lipinski definition) is 0. The molecule has 0 aliphatic carbocycles. The summed E-state index contributed by atoms with van der Waals surface area (Å²) < 4.78 is 10.7. The van der Waals surface area contributed by atoms with Gasteiger partial charge in [-0.25, -0.2) is 0 Å². The fourth-order valence-electron chi connectivity index (χ4n) is 3.73. The lowest BCUT2D eigenvalue weighted by atomic mass is 9.99. The monoisotopic (exact) mass is 398 g/mol. The Kier molecular flexibility index (Phi) is 6.20. The molecule has 0 saturated carbocycles. The molecular weight excluding hydrogens is 372 g/mol. The van der Waals surface area contributed by atoms with Crippen LogP contribution in [-0.2, 0) is 9.53 Å². The molecule has 1 atom stereocenters. The number of benzene rings is 2. The van der Waals surface area contributed by atoms with Crippen LogP contribution in [0.1, 0.15) is 11.5 Å². The quantitative estimate of drug-likeness (QED) is 0.773. The van der Waals surface area contributed by atoms with E-state index < -0.39 is 0 Å². The molecule has 5 nitrogen and oxygen atoms in total. The van der Waals surface area contributed by atoms with Gasteiger partial charge in [0.2, 0.25) is 5.91 Å². The number of ether oxygens (including phenoxy) is 2. The van der Waals surface area contributed by atoms with Crippen LogP contribution in [0.2, 0.25) is 0 Å². The van der Waals surface area contributed by atoms with Crippen LogP contribution in [0.3, 0.4) is 0 Å². The van der Waals surface area contributed by atoms with E-state index in [2.05, 4.69) is 17.0 Å². The SMILES string of the molecule is COc1ccc(C2CSc3ccccc3N(CCN3CCOCC3)C2=O)cc1. The molecule has 1 saturated heterocycles. The summed E-state index contributed by atoms with van der Waals surface area (Å²) in [5.41, 5.74) is 2.07. The van der Waals surface area contributed by atoms with E-state index in [-0.39, 0.29) is 11.8 Å². The molecule has 2 aromatic rings. The van der Waals surface area contributed by atoms with Crippen LogP contribution in [0, 0.1) is 0 Å². The zero-order valence-electron chi connectivity index (χ0n) is 16.2. The van der Waals surface area contributed by atoms with Crippen molar-refractivity contribution < 1.29 is 14.3 Å². The topological polar surface area (TPSA) is 42.0 Å². The number of carbonyl (C=O) groups is 1. The number of para-hydroxylation sites is 1. The third kappa shape index (κ3) is 4.19. The molecule has 4 rings (SSSR count). The van der Waals surface area contributed by atoms with Gasteiger partial charge in [0.15, 0.2) is 0 Å². The van der Waals surface area contributed by atoms with E-state index in [4.69, 9.17) is 9.47 Å². The molecule has 28 heavy (non-hydrogen) atoms. The minimum Gasteiger partial charge on any atom is -0.497 e. The van der Waals surface area contributed by atoms with Crippen LogP contribution < -0.4 is 9.64 Å². The Morgan fingerprint density at radius 1 is 1.07 bits per heavy atom. The molecule has 0 N–H and O–H groups in total. The molecule has 2 aliphatic rings. The summed E-state index contributed by atoms with van der Waals surface area (Å²) in [6.07, 6.45) is 0. The van der Waals surface area contributed by atoms with Gasteiger partial charge in [-0.15, -0.1) is 11.8 Å². The van der Waals surface area contributed by atoms with Crippen LogP contribution in [0.25, 0.3) is 0 Å². The van der Waals surface area contributed by atoms with E-state index in [1.807, 2.05) is 41.3 Å². The average molecular weight is 399 g/mol. The molecule has 0 aromatic heterocycles. The van der Waals surface area contributed by atoms with Gasteiger partial charge in [-0.3, -0.25) is 9.69 Å². The molecule has 148 valence electrons. The van der Waals surface area contributed by atoms with Gasteiger partial charge in [0.1, 0.15) is 5.75 Å². The second kappa shape index (κ2) is 8.99. The van der Waals surface area contributed by atoms with Crippen LogP contribution in [0.5, 0.6) is 5.75 Å². The molecule has 0 radical (unpaired) electrons. The maximum atomic E-state index is 13.6. The highest BCUT2D eigenvalue weighted by Crippen LogP contribution is 2.39. The van der Waals surface area contributed by atoms with Crippen LogP contribution in [0.15, 0.2) is 53.4 Å². The van der Waals surface area contributed by atoms with Crippen molar-refractivity contribution in [1.29, 1.82) is 0 Å². The Bertz CT molecular complexity index is 806. The number of rotatable bonds is 5. The number of nitrogens with zero attached hydrogens (tertiary/aromatic N) is 2. The maximum Gasteiger partial charge on any atom is 0.235 e. The predicted molar refractivity (Wildman–Crippen MR) is 113 cm³/mol. The van der Waals surface area contributed by atoms with Gasteiger partial charge in [-0.05, 0) is 29.8 Å². The van der Waals surface area contributed by atoms with E-state index in [0.29, 0.717) is 6.54 Å². The van der Waals surface area contributed by atoms with E-state index in [0.717, 1.165) is 55.6 Å². The van der Waals surface area contributed by atoms with Crippen LogP contribution >= 0.6 is 11.8 Å². The van der Waals surface area contributed by atoms with Crippen molar-refractivity contribution in [1.82, 2.24) is 4.90 Å². The lowest BCUT2D eigenvalue weighted by Gasteiger charge is -2.31. The highest BCUT2D eigenvalue weighted by Gasteiger charge is 2.32. The summed E-state index contributed by atoms with van der Waals surface area (Å²) in [4.78, 5) is 19.1. The zero-order chi connectivity index (χ0) is 19.3. The van der Waals surface area contributed by atoms with E-state index in [1.165, 1.54) is 4.90 Å². The second-order valence-corrected chi connectivity index (χ2v) is 8.11. The van der Waals surface area contributed by atoms with Crippen molar-refractivity contribution in [3.8, 4) is 5.75 Å². The Hall–Kier alpha value is -2.02. The van der Waals surface area contributed by atoms with Gasteiger partial charge >= 0.3 is 0 Å². The number of carbonyl (C=O) groups excluding carboxylic acids is 1. The van der Waals surface area contributed by atoms with E-state index in [1.54, 1.807) is 18.9 Å². The summed E-state index contributed by atoms with van der Waals surface area (Å²) in [5.74, 6) is 1.57. The average Bonchev–Trinajstić information content (AvgIpc) is 2.89. The number of amides is 1. The standard InChI is InChI=1S/C22H26N2O3S/c1-26-18-8-6-17(7-9-18)19-16-28-21-5-3-2-4-20(21)24(22(19)25)11-10-23-12-14-27-15-13-23/h2-9,19H,10-16H2,1H3. The molecule has 2 aliphatic heterocycles. The Morgan fingerprint density at radius 2 is 1.82 bits per heavy atom. The Morgan fingerprint density at radius 3 is 2.57 bits per heavy atom. The van der Waals surface area contributed by atoms with Crippen molar-refractivity contribution in [2.75, 3.05) is 57.2 Å². The molecule has 6 heteroatoms. The highest BCUT2D eigenvalue weighted by molar-refractivity contribution is 7.99. The van der Waals surface area contributed by atoms with E-state index >= 15 is 0 Å². The lowest BCUT2D eigenvalue weighted by Crippen LogP contribution is -2.44. The molecule has 1 unspecified atom stereocenters. The van der Waals surface area contributed by atoms with Crippen molar-refractivity contribution >= 4 is 23.4 Å². The number of thioether (sulfide) groups is 1. The van der Waals surface area contributed by atoms with E-state index in [9.17, 15) is 4.79 Å². The molecular formula is C22H26N2O3S. The van der Waals surface area contributed by atoms with Gasteiger partial charge in [0.25, 0.3) is 0 Å². The van der Waals surface area contributed by atoms with Crippen molar-refractivity contribution in [2.24, 2.45) is 0 Å².